The van der Waals surface area contributed by atoms with E-state index < -0.39 is 17.7 Å². The van der Waals surface area contributed by atoms with Crippen molar-refractivity contribution in [2.45, 2.75) is 6.10 Å². The molecule has 4 nitrogen and oxygen atoms in total. The smallest absolute Gasteiger partial charge is 0.167 e. The molecule has 0 amide bonds. The number of aliphatic hydroxyl groups is 1. The maximum atomic E-state index is 13.3. The van der Waals surface area contributed by atoms with Gasteiger partial charge in [0.1, 0.15) is 30.9 Å². The van der Waals surface area contributed by atoms with Gasteiger partial charge in [-0.25, -0.2) is 8.78 Å². The van der Waals surface area contributed by atoms with E-state index in [9.17, 15) is 13.9 Å². The zero-order valence-electron chi connectivity index (χ0n) is 11.1. The van der Waals surface area contributed by atoms with Gasteiger partial charge in [-0.05, 0) is 24.3 Å². The molecule has 2 aromatic carbocycles. The van der Waals surface area contributed by atoms with Crippen LogP contribution >= 0.6 is 0 Å². The minimum Gasteiger partial charge on any atom is -0.491 e. The first-order chi connectivity index (χ1) is 10.0. The van der Waals surface area contributed by atoms with Gasteiger partial charge in [0.05, 0.1) is 0 Å². The van der Waals surface area contributed by atoms with E-state index in [0.717, 1.165) is 12.1 Å². The molecule has 0 aliphatic heterocycles. The van der Waals surface area contributed by atoms with Gasteiger partial charge < -0.3 is 20.3 Å². The molecule has 0 spiro atoms. The van der Waals surface area contributed by atoms with E-state index in [2.05, 4.69) is 0 Å². The quantitative estimate of drug-likeness (QED) is 0.803. The van der Waals surface area contributed by atoms with Crippen LogP contribution in [0.4, 0.5) is 14.5 Å². The van der Waals surface area contributed by atoms with Gasteiger partial charge in [-0.3, -0.25) is 0 Å². The Labute approximate surface area is 120 Å². The molecule has 1 atom stereocenters. The molecule has 0 radical (unpaired) electrons. The lowest BCUT2D eigenvalue weighted by Crippen LogP contribution is -2.25. The van der Waals surface area contributed by atoms with Gasteiger partial charge in [-0.15, -0.1) is 0 Å². The van der Waals surface area contributed by atoms with Gasteiger partial charge in [-0.1, -0.05) is 6.07 Å². The zero-order chi connectivity index (χ0) is 15.2. The molecule has 0 aliphatic rings. The van der Waals surface area contributed by atoms with Crippen LogP contribution in [0.2, 0.25) is 0 Å². The molecule has 1 unspecified atom stereocenters. The molecule has 0 aromatic heterocycles. The maximum absolute atomic E-state index is 13.3. The van der Waals surface area contributed by atoms with Crippen LogP contribution in [0.3, 0.4) is 0 Å². The fourth-order valence-corrected chi connectivity index (χ4v) is 1.62. The van der Waals surface area contributed by atoms with Crippen molar-refractivity contribution in [1.29, 1.82) is 0 Å². The lowest BCUT2D eigenvalue weighted by molar-refractivity contribution is 0.0612. The molecule has 112 valence electrons. The third kappa shape index (κ3) is 4.61. The van der Waals surface area contributed by atoms with Crippen molar-refractivity contribution in [3.8, 4) is 11.5 Å². The van der Waals surface area contributed by atoms with Gasteiger partial charge >= 0.3 is 0 Å². The van der Waals surface area contributed by atoms with Crippen molar-refractivity contribution >= 4 is 5.69 Å². The zero-order valence-corrected chi connectivity index (χ0v) is 11.1. The topological polar surface area (TPSA) is 64.7 Å². The Balaban J connectivity index is 1.80. The van der Waals surface area contributed by atoms with Crippen LogP contribution in [0.25, 0.3) is 0 Å². The van der Waals surface area contributed by atoms with E-state index >= 15 is 0 Å². The molecule has 0 heterocycles. The highest BCUT2D eigenvalue weighted by Gasteiger charge is 2.10. The highest BCUT2D eigenvalue weighted by Crippen LogP contribution is 2.18. The summed E-state index contributed by atoms with van der Waals surface area (Å²) >= 11 is 0. The largest absolute Gasteiger partial charge is 0.491 e. The van der Waals surface area contributed by atoms with E-state index in [1.165, 1.54) is 0 Å². The standard InChI is InChI=1S/C15H15F2NO3/c16-10-4-5-15(14(17)6-10)21-9-12(19)8-20-13-3-1-2-11(18)7-13/h1-7,12,19H,8-9,18H2. The number of anilines is 1. The van der Waals surface area contributed by atoms with Crippen molar-refractivity contribution < 1.29 is 23.4 Å². The van der Waals surface area contributed by atoms with Gasteiger partial charge in [0.15, 0.2) is 11.6 Å². The Morgan fingerprint density at radius 1 is 1.05 bits per heavy atom. The van der Waals surface area contributed by atoms with Crippen molar-refractivity contribution in [3.63, 3.8) is 0 Å². The number of hydrogen-bond donors (Lipinski definition) is 2. The first kappa shape index (κ1) is 15.1. The molecule has 2 aromatic rings. The Morgan fingerprint density at radius 3 is 2.52 bits per heavy atom. The van der Waals surface area contributed by atoms with E-state index in [-0.39, 0.29) is 19.0 Å². The predicted molar refractivity (Wildman–Crippen MR) is 74.2 cm³/mol. The number of rotatable bonds is 6. The monoisotopic (exact) mass is 295 g/mol. The Morgan fingerprint density at radius 2 is 1.81 bits per heavy atom. The second-order valence-electron chi connectivity index (χ2n) is 4.42. The lowest BCUT2D eigenvalue weighted by atomic mass is 10.3. The molecule has 3 N–H and O–H groups in total. The van der Waals surface area contributed by atoms with Gasteiger partial charge in [0, 0.05) is 17.8 Å². The Kier molecular flexibility index (Phi) is 4.94. The first-order valence-electron chi connectivity index (χ1n) is 6.29. The van der Waals surface area contributed by atoms with Crippen molar-refractivity contribution in [2.75, 3.05) is 18.9 Å². The van der Waals surface area contributed by atoms with Gasteiger partial charge in [0.2, 0.25) is 0 Å². The second-order valence-corrected chi connectivity index (χ2v) is 4.42. The fraction of sp³-hybridized carbons (Fsp3) is 0.200. The van der Waals surface area contributed by atoms with Crippen molar-refractivity contribution in [1.82, 2.24) is 0 Å². The number of aliphatic hydroxyl groups excluding tert-OH is 1. The molecule has 0 saturated carbocycles. The van der Waals surface area contributed by atoms with E-state index in [1.807, 2.05) is 0 Å². The van der Waals surface area contributed by atoms with E-state index in [0.29, 0.717) is 17.5 Å². The highest BCUT2D eigenvalue weighted by molar-refractivity contribution is 5.43. The van der Waals surface area contributed by atoms with Crippen LogP contribution in [-0.4, -0.2) is 24.4 Å². The summed E-state index contributed by atoms with van der Waals surface area (Å²) in [6, 6.07) is 9.71. The second kappa shape index (κ2) is 6.90. The molecule has 21 heavy (non-hydrogen) atoms. The van der Waals surface area contributed by atoms with E-state index in [1.54, 1.807) is 24.3 Å². The summed E-state index contributed by atoms with van der Waals surface area (Å²) < 4.78 is 36.4. The van der Waals surface area contributed by atoms with Gasteiger partial charge in [0.25, 0.3) is 0 Å². The molecule has 6 heteroatoms. The molecule has 0 aliphatic carbocycles. The Hall–Kier alpha value is -2.34. The van der Waals surface area contributed by atoms with Crippen LogP contribution < -0.4 is 15.2 Å². The molecule has 2 rings (SSSR count). The number of nitrogen functional groups attached to an aromatic ring is 1. The van der Waals surface area contributed by atoms with Crippen molar-refractivity contribution in [2.24, 2.45) is 0 Å². The summed E-state index contributed by atoms with van der Waals surface area (Å²) in [4.78, 5) is 0. The predicted octanol–water partition coefficient (Wildman–Crippen LogP) is 2.37. The van der Waals surface area contributed by atoms with Crippen molar-refractivity contribution in [3.05, 3.63) is 54.1 Å². The molecular weight excluding hydrogens is 280 g/mol. The summed E-state index contributed by atoms with van der Waals surface area (Å²) in [5.41, 5.74) is 6.14. The number of ether oxygens (including phenoxy) is 2. The van der Waals surface area contributed by atoms with Crippen LogP contribution in [0.1, 0.15) is 0 Å². The first-order valence-corrected chi connectivity index (χ1v) is 6.29. The normalized spacial score (nSPS) is 12.0. The third-order valence-electron chi connectivity index (χ3n) is 2.63. The average Bonchev–Trinajstić information content (AvgIpc) is 2.44. The van der Waals surface area contributed by atoms with Gasteiger partial charge in [-0.2, -0.15) is 0 Å². The summed E-state index contributed by atoms with van der Waals surface area (Å²) in [5.74, 6) is -1.12. The molecular formula is C15H15F2NO3. The summed E-state index contributed by atoms with van der Waals surface area (Å²) in [7, 11) is 0. The minimum atomic E-state index is -0.962. The molecule has 0 saturated heterocycles. The SMILES string of the molecule is Nc1cccc(OCC(O)COc2ccc(F)cc2F)c1. The molecule has 0 bridgehead atoms. The molecule has 0 fully saturated rings. The van der Waals surface area contributed by atoms with Crippen LogP contribution in [0, 0.1) is 11.6 Å². The third-order valence-corrected chi connectivity index (χ3v) is 2.63. The lowest BCUT2D eigenvalue weighted by Gasteiger charge is -2.14. The average molecular weight is 295 g/mol. The number of benzene rings is 2. The van der Waals surface area contributed by atoms with Crippen LogP contribution in [0.15, 0.2) is 42.5 Å². The minimum absolute atomic E-state index is 0.0354. The Bertz CT molecular complexity index is 607. The summed E-state index contributed by atoms with van der Waals surface area (Å²) in [6.45, 7) is -0.211. The number of hydrogen-bond acceptors (Lipinski definition) is 4. The van der Waals surface area contributed by atoms with Crippen LogP contribution in [0.5, 0.6) is 11.5 Å². The maximum Gasteiger partial charge on any atom is 0.167 e. The fourth-order valence-electron chi connectivity index (χ4n) is 1.62. The summed E-state index contributed by atoms with van der Waals surface area (Å²) in [5, 5.41) is 9.71. The van der Waals surface area contributed by atoms with Crippen LogP contribution in [-0.2, 0) is 0 Å². The number of halogens is 2. The highest BCUT2D eigenvalue weighted by atomic mass is 19.1. The van der Waals surface area contributed by atoms with E-state index in [4.69, 9.17) is 15.2 Å². The number of nitrogens with two attached hydrogens (primary N) is 1. The summed E-state index contributed by atoms with van der Waals surface area (Å²) in [6.07, 6.45) is -0.962.